The Balaban J connectivity index is 1.69. The Morgan fingerprint density at radius 2 is 1.72 bits per heavy atom. The lowest BCUT2D eigenvalue weighted by molar-refractivity contribution is 0.0729. The molecule has 1 amide bonds. The van der Waals surface area contributed by atoms with Crippen LogP contribution in [0.5, 0.6) is 5.75 Å². The van der Waals surface area contributed by atoms with Crippen molar-refractivity contribution in [3.05, 3.63) is 60.2 Å². The number of likely N-dealkylation sites (tertiary alicyclic amines) is 1. The van der Waals surface area contributed by atoms with Crippen LogP contribution in [0.4, 0.5) is 0 Å². The highest BCUT2D eigenvalue weighted by Crippen LogP contribution is 2.21. The molecule has 2 atom stereocenters. The van der Waals surface area contributed by atoms with E-state index in [4.69, 9.17) is 4.74 Å². The number of rotatable bonds is 4. The van der Waals surface area contributed by atoms with Gasteiger partial charge in [-0.1, -0.05) is 18.2 Å². The quantitative estimate of drug-likeness (QED) is 0.889. The Bertz CT molecular complexity index is 849. The molecule has 0 aromatic heterocycles. The minimum Gasteiger partial charge on any atom is -0.486 e. The Hall–Kier alpha value is -2.38. The molecule has 0 unspecified atom stereocenters. The molecule has 2 aromatic rings. The molecule has 0 spiro atoms. The number of sulfone groups is 1. The van der Waals surface area contributed by atoms with Crippen LogP contribution in [0.15, 0.2) is 59.5 Å². The summed E-state index contributed by atoms with van der Waals surface area (Å²) in [4.78, 5) is 14.2. The van der Waals surface area contributed by atoms with Crippen LogP contribution >= 0.6 is 0 Å². The van der Waals surface area contributed by atoms with Gasteiger partial charge in [-0.3, -0.25) is 4.79 Å². The van der Waals surface area contributed by atoms with Crippen LogP contribution in [-0.2, 0) is 9.84 Å². The highest BCUT2D eigenvalue weighted by Gasteiger charge is 2.36. The van der Waals surface area contributed by atoms with Gasteiger partial charge in [0.25, 0.3) is 5.91 Å². The van der Waals surface area contributed by atoms with Crippen LogP contribution in [0, 0.1) is 0 Å². The van der Waals surface area contributed by atoms with Gasteiger partial charge >= 0.3 is 0 Å². The number of para-hydroxylation sites is 1. The minimum atomic E-state index is -3.30. The molecule has 1 fully saturated rings. The first kappa shape index (κ1) is 17.4. The van der Waals surface area contributed by atoms with E-state index in [0.717, 1.165) is 6.26 Å². The van der Waals surface area contributed by atoms with Crippen molar-refractivity contribution in [1.82, 2.24) is 4.90 Å². The predicted molar refractivity (Wildman–Crippen MR) is 92.3 cm³/mol. The van der Waals surface area contributed by atoms with Gasteiger partial charge in [0.15, 0.2) is 9.84 Å². The maximum Gasteiger partial charge on any atom is 0.254 e. The lowest BCUT2D eigenvalue weighted by atomic mass is 10.2. The molecule has 3 rings (SSSR count). The first-order valence-corrected chi connectivity index (χ1v) is 9.73. The number of aliphatic hydroxyl groups excluding tert-OH is 1. The first-order chi connectivity index (χ1) is 11.8. The number of amides is 1. The van der Waals surface area contributed by atoms with Crippen molar-refractivity contribution in [3.8, 4) is 5.75 Å². The van der Waals surface area contributed by atoms with Gasteiger partial charge in [-0.2, -0.15) is 0 Å². The molecule has 132 valence electrons. The van der Waals surface area contributed by atoms with E-state index in [1.807, 2.05) is 18.2 Å². The van der Waals surface area contributed by atoms with E-state index in [9.17, 15) is 18.3 Å². The average Bonchev–Trinajstić information content (AvgIpc) is 2.95. The van der Waals surface area contributed by atoms with Crippen molar-refractivity contribution in [1.29, 1.82) is 0 Å². The van der Waals surface area contributed by atoms with Gasteiger partial charge in [-0.25, -0.2) is 8.42 Å². The largest absolute Gasteiger partial charge is 0.486 e. The number of hydrogen-bond donors (Lipinski definition) is 1. The fourth-order valence-corrected chi connectivity index (χ4v) is 3.37. The average molecular weight is 361 g/mol. The predicted octanol–water partition coefficient (Wildman–Crippen LogP) is 1.35. The van der Waals surface area contributed by atoms with Gasteiger partial charge in [0.2, 0.25) is 0 Å². The second-order valence-corrected chi connectivity index (χ2v) is 8.06. The summed E-state index contributed by atoms with van der Waals surface area (Å²) in [5.74, 6) is 0.372. The Morgan fingerprint density at radius 3 is 2.32 bits per heavy atom. The maximum absolute atomic E-state index is 12.6. The van der Waals surface area contributed by atoms with Crippen LogP contribution in [0.3, 0.4) is 0 Å². The molecule has 1 aliphatic rings. The molecule has 1 saturated heterocycles. The van der Waals surface area contributed by atoms with E-state index in [2.05, 4.69) is 0 Å². The van der Waals surface area contributed by atoms with Gasteiger partial charge in [0.1, 0.15) is 18.0 Å². The number of hydrogen-bond acceptors (Lipinski definition) is 5. The molecule has 2 aromatic carbocycles. The van der Waals surface area contributed by atoms with Crippen molar-refractivity contribution in [2.24, 2.45) is 0 Å². The van der Waals surface area contributed by atoms with E-state index in [1.54, 1.807) is 12.1 Å². The molecule has 0 bridgehead atoms. The summed E-state index contributed by atoms with van der Waals surface area (Å²) in [5, 5.41) is 10.2. The molecule has 0 radical (unpaired) electrons. The third kappa shape index (κ3) is 4.00. The van der Waals surface area contributed by atoms with Gasteiger partial charge in [-0.15, -0.1) is 0 Å². The molecule has 0 aliphatic carbocycles. The van der Waals surface area contributed by atoms with Crippen LogP contribution in [0.25, 0.3) is 0 Å². The zero-order chi connectivity index (χ0) is 18.0. The summed E-state index contributed by atoms with van der Waals surface area (Å²) in [6, 6.07) is 14.9. The molecule has 1 aliphatic heterocycles. The van der Waals surface area contributed by atoms with E-state index >= 15 is 0 Å². The number of benzene rings is 2. The fraction of sp³-hybridized carbons (Fsp3) is 0.278. The van der Waals surface area contributed by atoms with Crippen molar-refractivity contribution < 1.29 is 23.1 Å². The van der Waals surface area contributed by atoms with E-state index < -0.39 is 22.0 Å². The summed E-state index contributed by atoms with van der Waals surface area (Å²) in [6.45, 7) is 0.437. The van der Waals surface area contributed by atoms with E-state index in [1.165, 1.54) is 29.2 Å². The van der Waals surface area contributed by atoms with Crippen molar-refractivity contribution in [2.75, 3.05) is 19.3 Å². The van der Waals surface area contributed by atoms with Gasteiger partial charge in [-0.05, 0) is 36.4 Å². The fourth-order valence-electron chi connectivity index (χ4n) is 2.74. The third-order valence-corrected chi connectivity index (χ3v) is 5.21. The summed E-state index contributed by atoms with van der Waals surface area (Å²) >= 11 is 0. The number of nitrogens with zero attached hydrogens (tertiary/aromatic N) is 1. The molecule has 7 heteroatoms. The second kappa shape index (κ2) is 6.85. The summed E-state index contributed by atoms with van der Waals surface area (Å²) < 4.78 is 28.7. The summed E-state index contributed by atoms with van der Waals surface area (Å²) in [7, 11) is -3.30. The normalized spacial score (nSPS) is 20.5. The summed E-state index contributed by atoms with van der Waals surface area (Å²) in [6.07, 6.45) is -0.160. The maximum atomic E-state index is 12.6. The molecule has 1 heterocycles. The first-order valence-electron chi connectivity index (χ1n) is 7.84. The van der Waals surface area contributed by atoms with Gasteiger partial charge in [0.05, 0.1) is 18.0 Å². The Morgan fingerprint density at radius 1 is 1.08 bits per heavy atom. The zero-order valence-corrected chi connectivity index (χ0v) is 14.5. The molecular weight excluding hydrogens is 342 g/mol. The monoisotopic (exact) mass is 361 g/mol. The smallest absolute Gasteiger partial charge is 0.254 e. The van der Waals surface area contributed by atoms with Crippen molar-refractivity contribution in [3.63, 3.8) is 0 Å². The third-order valence-electron chi connectivity index (χ3n) is 4.08. The topological polar surface area (TPSA) is 83.9 Å². The SMILES string of the molecule is CS(=O)(=O)c1ccc(C(=O)N2C[C@@H](O)[C@H](Oc3ccccc3)C2)cc1. The highest BCUT2D eigenvalue weighted by molar-refractivity contribution is 7.90. The van der Waals surface area contributed by atoms with Gasteiger partial charge < -0.3 is 14.7 Å². The Labute approximate surface area is 146 Å². The number of carbonyl (C=O) groups excluding carboxylic acids is 1. The molecule has 1 N–H and O–H groups in total. The zero-order valence-electron chi connectivity index (χ0n) is 13.7. The van der Waals surface area contributed by atoms with Crippen LogP contribution in [0.1, 0.15) is 10.4 Å². The number of β-amino-alcohol motifs (C(OH)–C–C–N with tert-alkyl or cyclic N) is 1. The molecular formula is C18H19NO5S. The highest BCUT2D eigenvalue weighted by atomic mass is 32.2. The number of aliphatic hydroxyl groups is 1. The lowest BCUT2D eigenvalue weighted by Crippen LogP contribution is -2.31. The van der Waals surface area contributed by atoms with E-state index in [0.29, 0.717) is 11.3 Å². The molecule has 0 saturated carbocycles. The minimum absolute atomic E-state index is 0.163. The van der Waals surface area contributed by atoms with Crippen LogP contribution in [-0.4, -0.2) is 55.9 Å². The summed E-state index contributed by atoms with van der Waals surface area (Å²) in [5.41, 5.74) is 0.375. The number of carbonyl (C=O) groups is 1. The van der Waals surface area contributed by atoms with Gasteiger partial charge in [0, 0.05) is 11.8 Å². The molecule has 25 heavy (non-hydrogen) atoms. The van der Waals surface area contributed by atoms with Crippen molar-refractivity contribution in [2.45, 2.75) is 17.1 Å². The number of ether oxygens (including phenoxy) is 1. The van der Waals surface area contributed by atoms with Crippen molar-refractivity contribution >= 4 is 15.7 Å². The standard InChI is InChI=1S/C18H19NO5S/c1-25(22,23)15-9-7-13(8-10-15)18(21)19-11-16(20)17(12-19)24-14-5-3-2-4-6-14/h2-10,16-17,20H,11-12H2,1H3/t16-,17-/m1/s1. The Kier molecular flexibility index (Phi) is 4.78. The lowest BCUT2D eigenvalue weighted by Gasteiger charge is -2.17. The van der Waals surface area contributed by atoms with E-state index in [-0.39, 0.29) is 23.9 Å². The van der Waals surface area contributed by atoms with Crippen LogP contribution < -0.4 is 4.74 Å². The van der Waals surface area contributed by atoms with Crippen LogP contribution in [0.2, 0.25) is 0 Å². The molecule has 6 nitrogen and oxygen atoms in total. The second-order valence-electron chi connectivity index (χ2n) is 6.04.